The molecule has 0 unspecified atom stereocenters. The molecule has 0 bridgehead atoms. The molecule has 0 radical (unpaired) electrons. The molecule has 0 aliphatic rings. The van der Waals surface area contributed by atoms with E-state index in [1.807, 2.05) is 64.1 Å². The van der Waals surface area contributed by atoms with Gasteiger partial charge in [-0.25, -0.2) is 0 Å². The first-order valence-corrected chi connectivity index (χ1v) is 10.4. The number of carbonyl (C=O) groups is 1. The molecule has 6 heteroatoms. The maximum atomic E-state index is 12.6. The highest BCUT2D eigenvalue weighted by Crippen LogP contribution is 2.36. The van der Waals surface area contributed by atoms with Crippen LogP contribution in [0.3, 0.4) is 0 Å². The number of phenols is 1. The van der Waals surface area contributed by atoms with Gasteiger partial charge in [-0.3, -0.25) is 4.79 Å². The largest absolute Gasteiger partial charge is 0.505 e. The minimum atomic E-state index is -0.803. The first kappa shape index (κ1) is 22.0. The lowest BCUT2D eigenvalue weighted by Gasteiger charge is -2.24. The number of benzene rings is 2. The Morgan fingerprint density at radius 2 is 1.67 bits per heavy atom. The first-order chi connectivity index (χ1) is 14.0. The number of ether oxygens (including phenoxy) is 1. The van der Waals surface area contributed by atoms with Crippen LogP contribution in [0.1, 0.15) is 59.1 Å². The third-order valence-corrected chi connectivity index (χ3v) is 5.28. The van der Waals surface area contributed by atoms with Gasteiger partial charge >= 0.3 is 0 Å². The van der Waals surface area contributed by atoms with Crippen LogP contribution in [-0.4, -0.2) is 38.1 Å². The standard InChI is InChI=1S/C24H31N3O3/c1-7-30-24(5,6)21(28)13-12-16-14-17(23(2,3)4)22(29)20(15-16)27-25-18-10-8-9-11-19(18)26-27/h8-11,14-15,29H,7,12-13H2,1-6H3. The number of aryl methyl sites for hydroxylation is 1. The number of nitrogens with zero attached hydrogens (tertiary/aromatic N) is 3. The minimum absolute atomic E-state index is 0.0548. The fourth-order valence-electron chi connectivity index (χ4n) is 3.51. The van der Waals surface area contributed by atoms with Crippen molar-refractivity contribution in [3.05, 3.63) is 47.5 Å². The zero-order chi connectivity index (χ0) is 22.1. The topological polar surface area (TPSA) is 77.2 Å². The van der Waals surface area contributed by atoms with Crippen LogP contribution >= 0.6 is 0 Å². The molecule has 2 aromatic carbocycles. The van der Waals surface area contributed by atoms with E-state index < -0.39 is 5.60 Å². The van der Waals surface area contributed by atoms with Gasteiger partial charge in [0.1, 0.15) is 28.1 Å². The predicted molar refractivity (Wildman–Crippen MR) is 118 cm³/mol. The molecule has 30 heavy (non-hydrogen) atoms. The number of hydrogen-bond acceptors (Lipinski definition) is 5. The van der Waals surface area contributed by atoms with E-state index in [4.69, 9.17) is 4.74 Å². The van der Waals surface area contributed by atoms with Crippen molar-refractivity contribution in [2.75, 3.05) is 6.61 Å². The zero-order valence-corrected chi connectivity index (χ0v) is 18.7. The number of phenolic OH excluding ortho intramolecular Hbond substituents is 1. The van der Waals surface area contributed by atoms with Crippen LogP contribution in [0.5, 0.6) is 5.75 Å². The van der Waals surface area contributed by atoms with Gasteiger partial charge in [-0.15, -0.1) is 15.0 Å². The van der Waals surface area contributed by atoms with E-state index in [1.165, 1.54) is 4.80 Å². The van der Waals surface area contributed by atoms with Gasteiger partial charge in [0.2, 0.25) is 0 Å². The molecule has 0 fully saturated rings. The van der Waals surface area contributed by atoms with Crippen molar-refractivity contribution in [1.82, 2.24) is 15.0 Å². The number of hydrogen-bond donors (Lipinski definition) is 1. The highest BCUT2D eigenvalue weighted by Gasteiger charge is 2.28. The molecule has 0 saturated heterocycles. The SMILES string of the molecule is CCOC(C)(C)C(=O)CCc1cc(-n2nc3ccccc3n2)c(O)c(C(C)(C)C)c1. The molecule has 6 nitrogen and oxygen atoms in total. The Morgan fingerprint density at radius 3 is 2.20 bits per heavy atom. The van der Waals surface area contributed by atoms with Gasteiger partial charge in [0, 0.05) is 18.6 Å². The average molecular weight is 410 g/mol. The summed E-state index contributed by atoms with van der Waals surface area (Å²) in [5.74, 6) is 0.215. The van der Waals surface area contributed by atoms with Gasteiger partial charge in [-0.05, 0) is 56.4 Å². The van der Waals surface area contributed by atoms with E-state index in [0.717, 1.165) is 22.2 Å². The summed E-state index contributed by atoms with van der Waals surface area (Å²) in [6.07, 6.45) is 0.905. The maximum absolute atomic E-state index is 12.6. The van der Waals surface area contributed by atoms with Gasteiger partial charge in [0.15, 0.2) is 5.78 Å². The normalized spacial score (nSPS) is 12.5. The van der Waals surface area contributed by atoms with Gasteiger partial charge in [-0.2, -0.15) is 0 Å². The fraction of sp³-hybridized carbons (Fsp3) is 0.458. The van der Waals surface area contributed by atoms with E-state index >= 15 is 0 Å². The van der Waals surface area contributed by atoms with Crippen LogP contribution in [0.4, 0.5) is 0 Å². The molecule has 0 atom stereocenters. The quantitative estimate of drug-likeness (QED) is 0.610. The van der Waals surface area contributed by atoms with Crippen molar-refractivity contribution in [2.24, 2.45) is 0 Å². The Balaban J connectivity index is 2.00. The molecular formula is C24H31N3O3. The Hall–Kier alpha value is -2.73. The Labute approximate surface area is 177 Å². The number of aromatic hydroxyl groups is 1. The van der Waals surface area contributed by atoms with Crippen molar-refractivity contribution < 1.29 is 14.6 Å². The predicted octanol–water partition coefficient (Wildman–Crippen LogP) is 4.74. The van der Waals surface area contributed by atoms with E-state index in [2.05, 4.69) is 10.2 Å². The van der Waals surface area contributed by atoms with E-state index in [-0.39, 0.29) is 16.9 Å². The second-order valence-corrected chi connectivity index (χ2v) is 9.11. The molecule has 3 aromatic rings. The second-order valence-electron chi connectivity index (χ2n) is 9.11. The Kier molecular flexibility index (Phi) is 5.99. The molecule has 0 spiro atoms. The molecular weight excluding hydrogens is 378 g/mol. The van der Waals surface area contributed by atoms with Crippen LogP contribution < -0.4 is 0 Å². The summed E-state index contributed by atoms with van der Waals surface area (Å²) in [5.41, 5.74) is 2.70. The highest BCUT2D eigenvalue weighted by molar-refractivity contribution is 5.86. The zero-order valence-electron chi connectivity index (χ0n) is 18.7. The smallest absolute Gasteiger partial charge is 0.164 e. The molecule has 0 amide bonds. The molecule has 1 N–H and O–H groups in total. The molecule has 0 aliphatic carbocycles. The summed E-state index contributed by atoms with van der Waals surface area (Å²) in [5, 5.41) is 20.1. The Bertz CT molecular complexity index is 1030. The van der Waals surface area contributed by atoms with Crippen molar-refractivity contribution in [3.8, 4) is 11.4 Å². The van der Waals surface area contributed by atoms with Gasteiger partial charge < -0.3 is 9.84 Å². The van der Waals surface area contributed by atoms with Crippen molar-refractivity contribution in [3.63, 3.8) is 0 Å². The lowest BCUT2D eigenvalue weighted by atomic mass is 9.84. The lowest BCUT2D eigenvalue weighted by Crippen LogP contribution is -2.35. The third-order valence-electron chi connectivity index (χ3n) is 5.28. The number of carbonyl (C=O) groups excluding carboxylic acids is 1. The van der Waals surface area contributed by atoms with Crippen molar-refractivity contribution >= 4 is 16.8 Å². The number of fused-ring (bicyclic) bond motifs is 1. The molecule has 1 aromatic heterocycles. The third kappa shape index (κ3) is 4.54. The van der Waals surface area contributed by atoms with Crippen LogP contribution in [0, 0.1) is 0 Å². The Morgan fingerprint density at radius 1 is 1.07 bits per heavy atom. The monoisotopic (exact) mass is 409 g/mol. The molecule has 1 heterocycles. The molecule has 0 saturated carbocycles. The first-order valence-electron chi connectivity index (χ1n) is 10.4. The molecule has 3 rings (SSSR count). The molecule has 160 valence electrons. The van der Waals surface area contributed by atoms with Crippen LogP contribution in [-0.2, 0) is 21.4 Å². The number of ketones is 1. The highest BCUT2D eigenvalue weighted by atomic mass is 16.5. The van der Waals surface area contributed by atoms with Gasteiger partial charge in [-0.1, -0.05) is 39.0 Å². The maximum Gasteiger partial charge on any atom is 0.164 e. The summed E-state index contributed by atoms with van der Waals surface area (Å²) in [7, 11) is 0. The number of aromatic nitrogens is 3. The van der Waals surface area contributed by atoms with E-state index in [0.29, 0.717) is 25.1 Å². The molecule has 0 aliphatic heterocycles. The summed E-state index contributed by atoms with van der Waals surface area (Å²) >= 11 is 0. The number of rotatable bonds is 7. The van der Waals surface area contributed by atoms with Gasteiger partial charge in [0.05, 0.1) is 0 Å². The average Bonchev–Trinajstić information content (AvgIpc) is 3.09. The second kappa shape index (κ2) is 8.19. The van der Waals surface area contributed by atoms with E-state index in [1.54, 1.807) is 13.8 Å². The van der Waals surface area contributed by atoms with Crippen LogP contribution in [0.15, 0.2) is 36.4 Å². The van der Waals surface area contributed by atoms with Crippen LogP contribution in [0.2, 0.25) is 0 Å². The fourth-order valence-corrected chi connectivity index (χ4v) is 3.51. The lowest BCUT2D eigenvalue weighted by molar-refractivity contribution is -0.139. The van der Waals surface area contributed by atoms with Crippen molar-refractivity contribution in [1.29, 1.82) is 0 Å². The summed E-state index contributed by atoms with van der Waals surface area (Å²) in [6, 6.07) is 11.4. The van der Waals surface area contributed by atoms with Crippen LogP contribution in [0.25, 0.3) is 16.7 Å². The van der Waals surface area contributed by atoms with Gasteiger partial charge in [0.25, 0.3) is 0 Å². The van der Waals surface area contributed by atoms with E-state index in [9.17, 15) is 9.90 Å². The summed E-state index contributed by atoms with van der Waals surface area (Å²) in [4.78, 5) is 14.1. The van der Waals surface area contributed by atoms with Crippen molar-refractivity contribution in [2.45, 2.75) is 65.4 Å². The minimum Gasteiger partial charge on any atom is -0.505 e. The number of Topliss-reactive ketones (excluding diaryl/α,β-unsaturated/α-hetero) is 1. The summed E-state index contributed by atoms with van der Waals surface area (Å²) < 4.78 is 5.59. The summed E-state index contributed by atoms with van der Waals surface area (Å²) in [6.45, 7) is 12.1.